The third-order valence-corrected chi connectivity index (χ3v) is 4.77. The number of fused-ring (bicyclic) bond motifs is 1. The van der Waals surface area contributed by atoms with Gasteiger partial charge in [-0.3, -0.25) is 14.6 Å². The number of nitrogens with one attached hydrogen (secondary N) is 1. The second-order valence-corrected chi connectivity index (χ2v) is 6.96. The summed E-state index contributed by atoms with van der Waals surface area (Å²) in [6, 6.07) is 9.88. The van der Waals surface area contributed by atoms with E-state index in [0.29, 0.717) is 36.8 Å². The number of hydrogen-bond donors (Lipinski definition) is 1. The highest BCUT2D eigenvalue weighted by atomic mass is 16.5. The van der Waals surface area contributed by atoms with Crippen molar-refractivity contribution < 1.29 is 9.53 Å². The number of hydrogen-bond acceptors (Lipinski definition) is 7. The Hall–Kier alpha value is -3.26. The number of nitrogens with zero attached hydrogens (tertiary/aromatic N) is 5. The molecule has 2 aromatic heterocycles. The van der Waals surface area contributed by atoms with Crippen LogP contribution in [0, 0.1) is 6.92 Å². The number of imidazole rings is 1. The van der Waals surface area contributed by atoms with Crippen LogP contribution in [-0.4, -0.2) is 52.7 Å². The molecule has 150 valence electrons. The van der Waals surface area contributed by atoms with E-state index in [1.54, 1.807) is 18.5 Å². The maximum atomic E-state index is 12.1. The van der Waals surface area contributed by atoms with Crippen LogP contribution in [0.3, 0.4) is 0 Å². The van der Waals surface area contributed by atoms with Gasteiger partial charge in [0.15, 0.2) is 11.6 Å². The number of hydrazone groups is 1. The third-order valence-electron chi connectivity index (χ3n) is 4.77. The number of Topliss-reactive ketones (excluding diaryl/α,β-unsaturated/α-hetero) is 1. The summed E-state index contributed by atoms with van der Waals surface area (Å²) in [5.74, 6) is 1.30. The SMILES string of the molecule is CCC(=O)c1cn2c(N3CCOCC3)nc(N/N=C/c3cccc(C)c3)cc2n1. The lowest BCUT2D eigenvalue weighted by atomic mass is 10.2. The molecule has 0 atom stereocenters. The largest absolute Gasteiger partial charge is 0.378 e. The molecule has 0 saturated carbocycles. The first-order valence-corrected chi connectivity index (χ1v) is 9.76. The van der Waals surface area contributed by atoms with Crippen molar-refractivity contribution in [1.82, 2.24) is 14.4 Å². The molecule has 1 N–H and O–H groups in total. The van der Waals surface area contributed by atoms with Gasteiger partial charge < -0.3 is 9.64 Å². The molecular formula is C21H24N6O2. The van der Waals surface area contributed by atoms with E-state index in [9.17, 15) is 4.79 Å². The van der Waals surface area contributed by atoms with Gasteiger partial charge in [-0.2, -0.15) is 10.1 Å². The van der Waals surface area contributed by atoms with Crippen molar-refractivity contribution in [2.24, 2.45) is 5.10 Å². The van der Waals surface area contributed by atoms with Crippen LogP contribution in [-0.2, 0) is 4.74 Å². The first-order chi connectivity index (χ1) is 14.1. The van der Waals surface area contributed by atoms with Crippen molar-refractivity contribution in [2.75, 3.05) is 36.6 Å². The van der Waals surface area contributed by atoms with Crippen LogP contribution in [0.1, 0.15) is 35.0 Å². The summed E-state index contributed by atoms with van der Waals surface area (Å²) in [5.41, 5.74) is 6.28. The zero-order valence-electron chi connectivity index (χ0n) is 16.6. The molecular weight excluding hydrogens is 368 g/mol. The van der Waals surface area contributed by atoms with E-state index in [1.807, 2.05) is 36.4 Å². The summed E-state index contributed by atoms with van der Waals surface area (Å²) in [7, 11) is 0. The minimum Gasteiger partial charge on any atom is -0.378 e. The van der Waals surface area contributed by atoms with Gasteiger partial charge in [-0.05, 0) is 12.5 Å². The molecule has 0 amide bonds. The van der Waals surface area contributed by atoms with Gasteiger partial charge in [-0.15, -0.1) is 0 Å². The van der Waals surface area contributed by atoms with Gasteiger partial charge in [-0.1, -0.05) is 36.8 Å². The van der Waals surface area contributed by atoms with Crippen molar-refractivity contribution in [1.29, 1.82) is 0 Å². The monoisotopic (exact) mass is 392 g/mol. The average Bonchev–Trinajstić information content (AvgIpc) is 3.17. The van der Waals surface area contributed by atoms with Gasteiger partial charge in [0.1, 0.15) is 11.3 Å². The molecule has 1 aromatic carbocycles. The summed E-state index contributed by atoms with van der Waals surface area (Å²) in [5, 5.41) is 4.32. The van der Waals surface area contributed by atoms with E-state index >= 15 is 0 Å². The number of aromatic nitrogens is 3. The van der Waals surface area contributed by atoms with Crippen LogP contribution >= 0.6 is 0 Å². The van der Waals surface area contributed by atoms with E-state index in [1.165, 1.54) is 5.56 Å². The summed E-state index contributed by atoms with van der Waals surface area (Å²) in [6.45, 7) is 6.62. The van der Waals surface area contributed by atoms with E-state index in [-0.39, 0.29) is 5.78 Å². The number of carbonyl (C=O) groups is 1. The topological polar surface area (TPSA) is 84.1 Å². The van der Waals surface area contributed by atoms with E-state index in [2.05, 4.69) is 26.5 Å². The Morgan fingerprint density at radius 1 is 1.28 bits per heavy atom. The fourth-order valence-corrected chi connectivity index (χ4v) is 3.26. The van der Waals surface area contributed by atoms with Crippen LogP contribution in [0.4, 0.5) is 11.8 Å². The summed E-state index contributed by atoms with van der Waals surface area (Å²) < 4.78 is 7.33. The zero-order valence-corrected chi connectivity index (χ0v) is 16.6. The first kappa shape index (κ1) is 19.1. The standard InChI is InChI=1S/C21H24N6O2/c1-3-18(28)17-14-27-20(23-17)12-19(24-21(27)26-7-9-29-10-8-26)25-22-13-16-6-4-5-15(2)11-16/h4-6,11-14,25H,3,7-10H2,1-2H3/b22-13+. The molecule has 29 heavy (non-hydrogen) atoms. The lowest BCUT2D eigenvalue weighted by Gasteiger charge is -2.28. The quantitative estimate of drug-likeness (QED) is 0.394. The number of benzene rings is 1. The van der Waals surface area contributed by atoms with Gasteiger partial charge in [0, 0.05) is 31.8 Å². The van der Waals surface area contributed by atoms with E-state index in [4.69, 9.17) is 9.72 Å². The van der Waals surface area contributed by atoms with E-state index in [0.717, 1.165) is 24.6 Å². The zero-order chi connectivity index (χ0) is 20.2. The van der Waals surface area contributed by atoms with Gasteiger partial charge in [0.2, 0.25) is 5.95 Å². The minimum absolute atomic E-state index is 0.00797. The Morgan fingerprint density at radius 3 is 2.86 bits per heavy atom. The Bertz CT molecular complexity index is 1050. The number of aryl methyl sites for hydroxylation is 1. The van der Waals surface area contributed by atoms with Gasteiger partial charge in [-0.25, -0.2) is 4.98 Å². The predicted octanol–water partition coefficient (Wildman–Crippen LogP) is 2.91. The fourth-order valence-electron chi connectivity index (χ4n) is 3.26. The molecule has 0 aliphatic carbocycles. The van der Waals surface area contributed by atoms with Gasteiger partial charge >= 0.3 is 0 Å². The van der Waals surface area contributed by atoms with Crippen LogP contribution in [0.15, 0.2) is 41.6 Å². The fraction of sp³-hybridized carbons (Fsp3) is 0.333. The van der Waals surface area contributed by atoms with Crippen molar-refractivity contribution in [3.63, 3.8) is 0 Å². The molecule has 0 spiro atoms. The van der Waals surface area contributed by atoms with Crippen molar-refractivity contribution in [2.45, 2.75) is 20.3 Å². The first-order valence-electron chi connectivity index (χ1n) is 9.76. The summed E-state index contributed by atoms with van der Waals surface area (Å²) >= 11 is 0. The van der Waals surface area contributed by atoms with Crippen molar-refractivity contribution in [3.8, 4) is 0 Å². The molecule has 1 aliphatic heterocycles. The molecule has 0 unspecified atom stereocenters. The molecule has 1 saturated heterocycles. The smallest absolute Gasteiger partial charge is 0.213 e. The molecule has 8 nitrogen and oxygen atoms in total. The molecule has 8 heteroatoms. The van der Waals surface area contributed by atoms with Crippen molar-refractivity contribution in [3.05, 3.63) is 53.3 Å². The molecule has 4 rings (SSSR count). The summed E-state index contributed by atoms with van der Waals surface area (Å²) in [4.78, 5) is 23.5. The molecule has 1 fully saturated rings. The van der Waals surface area contributed by atoms with Gasteiger partial charge in [0.25, 0.3) is 0 Å². The van der Waals surface area contributed by atoms with E-state index < -0.39 is 0 Å². The lowest BCUT2D eigenvalue weighted by Crippen LogP contribution is -2.38. The lowest BCUT2D eigenvalue weighted by molar-refractivity contribution is 0.0984. The molecule has 3 heterocycles. The highest BCUT2D eigenvalue weighted by Crippen LogP contribution is 2.21. The normalized spacial score (nSPS) is 14.6. The number of carbonyl (C=O) groups excluding carboxylic acids is 1. The highest BCUT2D eigenvalue weighted by molar-refractivity contribution is 5.94. The highest BCUT2D eigenvalue weighted by Gasteiger charge is 2.19. The maximum Gasteiger partial charge on any atom is 0.213 e. The number of ether oxygens (including phenoxy) is 1. The third kappa shape index (κ3) is 4.27. The minimum atomic E-state index is 0.00797. The molecule has 0 bridgehead atoms. The number of morpholine rings is 1. The second kappa shape index (κ2) is 8.40. The Balaban J connectivity index is 1.67. The van der Waals surface area contributed by atoms with Gasteiger partial charge in [0.05, 0.1) is 19.4 Å². The van der Waals surface area contributed by atoms with Crippen molar-refractivity contribution >= 4 is 29.4 Å². The van der Waals surface area contributed by atoms with Crippen LogP contribution < -0.4 is 10.3 Å². The van der Waals surface area contributed by atoms with Crippen LogP contribution in [0.5, 0.6) is 0 Å². The van der Waals surface area contributed by atoms with Crippen LogP contribution in [0.25, 0.3) is 5.65 Å². The second-order valence-electron chi connectivity index (χ2n) is 6.96. The maximum absolute atomic E-state index is 12.1. The molecule has 0 radical (unpaired) electrons. The average molecular weight is 392 g/mol. The Morgan fingerprint density at radius 2 is 2.10 bits per heavy atom. The number of anilines is 2. The Labute approximate surface area is 169 Å². The molecule has 1 aliphatic rings. The number of rotatable bonds is 6. The Kier molecular flexibility index (Phi) is 5.53. The van der Waals surface area contributed by atoms with Crippen LogP contribution in [0.2, 0.25) is 0 Å². The predicted molar refractivity (Wildman–Crippen MR) is 113 cm³/mol. The summed E-state index contributed by atoms with van der Waals surface area (Å²) in [6.07, 6.45) is 3.93. The molecule has 3 aromatic rings. The number of ketones is 1.